The van der Waals surface area contributed by atoms with Crippen molar-refractivity contribution in [3.63, 3.8) is 0 Å². The molecule has 0 saturated carbocycles. The van der Waals surface area contributed by atoms with Gasteiger partial charge in [-0.25, -0.2) is 0 Å². The topological polar surface area (TPSA) is 32.8 Å². The normalized spacial score (nSPS) is 12.1. The number of furan rings is 2. The molecule has 0 spiro atoms. The maximum Gasteiger partial charge on any atom is 0.136 e. The number of anilines is 6. The largest absolute Gasteiger partial charge is 0.456 e. The Bertz CT molecular complexity index is 4230. The lowest BCUT2D eigenvalue weighted by molar-refractivity contribution is 0.664. The fourth-order valence-corrected chi connectivity index (χ4v) is 12.7. The summed E-state index contributed by atoms with van der Waals surface area (Å²) in [5.74, 6) is 0. The van der Waals surface area contributed by atoms with Crippen LogP contribution in [0.2, 0.25) is 0 Å². The first-order valence-electron chi connectivity index (χ1n) is 22.9. The van der Waals surface area contributed by atoms with Crippen LogP contribution in [0.5, 0.6) is 0 Å². The van der Waals surface area contributed by atoms with E-state index in [-0.39, 0.29) is 0 Å². The summed E-state index contributed by atoms with van der Waals surface area (Å²) in [6, 6.07) is 79.0. The highest BCUT2D eigenvalue weighted by Crippen LogP contribution is 2.45. The zero-order chi connectivity index (χ0) is 44.5. The molecule has 0 radical (unpaired) electrons. The molecule has 0 bridgehead atoms. The third kappa shape index (κ3) is 5.85. The van der Waals surface area contributed by atoms with Gasteiger partial charge >= 0.3 is 0 Å². The number of fused-ring (bicyclic) bond motifs is 14. The van der Waals surface area contributed by atoms with Crippen LogP contribution in [0.4, 0.5) is 34.1 Å². The second kappa shape index (κ2) is 14.5. The van der Waals surface area contributed by atoms with Crippen LogP contribution in [0, 0.1) is 0 Å². The average Bonchev–Trinajstić information content (AvgIpc) is 4.14. The fourth-order valence-electron chi connectivity index (χ4n) is 10.5. The number of rotatable bonds is 6. The Morgan fingerprint density at radius 1 is 0.235 bits per heavy atom. The summed E-state index contributed by atoms with van der Waals surface area (Å²) in [5, 5.41) is 13.9. The molecule has 6 heteroatoms. The fraction of sp³-hybridized carbons (Fsp3) is 0. The molecule has 4 heterocycles. The van der Waals surface area contributed by atoms with E-state index in [2.05, 4.69) is 228 Å². The van der Waals surface area contributed by atoms with E-state index in [0.717, 1.165) is 99.5 Å². The van der Waals surface area contributed by atoms with Crippen LogP contribution < -0.4 is 9.80 Å². The molecule has 0 saturated heterocycles. The van der Waals surface area contributed by atoms with Crippen molar-refractivity contribution in [1.29, 1.82) is 0 Å². The van der Waals surface area contributed by atoms with Gasteiger partial charge in [0.25, 0.3) is 0 Å². The Labute approximate surface area is 397 Å². The highest BCUT2D eigenvalue weighted by molar-refractivity contribution is 7.26. The molecule has 4 aromatic heterocycles. The lowest BCUT2D eigenvalue weighted by Gasteiger charge is -2.26. The van der Waals surface area contributed by atoms with Crippen LogP contribution >= 0.6 is 22.7 Å². The molecular weight excluding hydrogens is 869 g/mol. The van der Waals surface area contributed by atoms with Crippen LogP contribution in [0.3, 0.4) is 0 Å². The van der Waals surface area contributed by atoms with Gasteiger partial charge in [-0.2, -0.15) is 0 Å². The van der Waals surface area contributed by atoms with Crippen LogP contribution in [-0.2, 0) is 0 Å². The molecule has 0 aliphatic heterocycles. The Morgan fingerprint density at radius 3 is 1.07 bits per heavy atom. The van der Waals surface area contributed by atoms with Gasteiger partial charge in [0.15, 0.2) is 0 Å². The number of benzene rings is 11. The first-order chi connectivity index (χ1) is 33.6. The molecular formula is C62H36N2O2S2. The van der Waals surface area contributed by atoms with Gasteiger partial charge in [-0.15, -0.1) is 22.7 Å². The van der Waals surface area contributed by atoms with Gasteiger partial charge < -0.3 is 18.6 Å². The monoisotopic (exact) mass is 904 g/mol. The Morgan fingerprint density at radius 2 is 0.603 bits per heavy atom. The van der Waals surface area contributed by atoms with Crippen LogP contribution in [0.25, 0.3) is 106 Å². The predicted molar refractivity (Wildman–Crippen MR) is 291 cm³/mol. The molecule has 0 unspecified atom stereocenters. The minimum absolute atomic E-state index is 0.845. The number of nitrogens with zero attached hydrogens (tertiary/aromatic N) is 2. The summed E-state index contributed by atoms with van der Waals surface area (Å²) in [6.45, 7) is 0. The van der Waals surface area contributed by atoms with Crippen molar-refractivity contribution >= 4 is 163 Å². The summed E-state index contributed by atoms with van der Waals surface area (Å²) in [6.07, 6.45) is 0. The molecule has 15 aromatic rings. The summed E-state index contributed by atoms with van der Waals surface area (Å²) in [4.78, 5) is 4.70. The van der Waals surface area contributed by atoms with E-state index in [9.17, 15) is 0 Å². The van der Waals surface area contributed by atoms with Crippen molar-refractivity contribution in [1.82, 2.24) is 0 Å². The summed E-state index contributed by atoms with van der Waals surface area (Å²) in [5.41, 5.74) is 10.0. The van der Waals surface area contributed by atoms with E-state index in [4.69, 9.17) is 8.83 Å². The zero-order valence-electron chi connectivity index (χ0n) is 36.3. The molecule has 0 aliphatic rings. The third-order valence-corrected chi connectivity index (χ3v) is 16.0. The smallest absolute Gasteiger partial charge is 0.136 e. The van der Waals surface area contributed by atoms with E-state index in [1.165, 1.54) is 40.3 Å². The molecule has 0 aliphatic carbocycles. The molecule has 318 valence electrons. The van der Waals surface area contributed by atoms with E-state index in [0.29, 0.717) is 0 Å². The van der Waals surface area contributed by atoms with Gasteiger partial charge in [0, 0.05) is 96.0 Å². The molecule has 0 N–H and O–H groups in total. The molecule has 4 nitrogen and oxygen atoms in total. The van der Waals surface area contributed by atoms with Crippen molar-refractivity contribution in [2.45, 2.75) is 0 Å². The summed E-state index contributed by atoms with van der Waals surface area (Å²) in [7, 11) is 0. The quantitative estimate of drug-likeness (QED) is 0.166. The molecule has 0 amide bonds. The van der Waals surface area contributed by atoms with E-state index in [1.54, 1.807) is 0 Å². The first kappa shape index (κ1) is 37.8. The van der Waals surface area contributed by atoms with Crippen LogP contribution in [0.1, 0.15) is 0 Å². The highest BCUT2D eigenvalue weighted by atomic mass is 32.1. The van der Waals surface area contributed by atoms with Gasteiger partial charge in [-0.05, 0) is 155 Å². The van der Waals surface area contributed by atoms with Crippen molar-refractivity contribution in [2.75, 3.05) is 9.80 Å². The molecule has 0 atom stereocenters. The molecule has 15 rings (SSSR count). The van der Waals surface area contributed by atoms with Gasteiger partial charge in [0.1, 0.15) is 22.3 Å². The van der Waals surface area contributed by atoms with Crippen LogP contribution in [0.15, 0.2) is 227 Å². The SMILES string of the molecule is c1ccc(N(c2ccc3cc4c(cc3c2)oc2cc3c(cc24)oc2cc4cc(N(c5ccccc5)c5ccc6sc7ccccc7c6c5)ccc4cc23)c2ccc3sc4ccccc4c3c2)cc1. The third-order valence-electron chi connectivity index (χ3n) is 13.7. The number of hydrogen-bond acceptors (Lipinski definition) is 6. The zero-order valence-corrected chi connectivity index (χ0v) is 37.9. The van der Waals surface area contributed by atoms with Crippen molar-refractivity contribution < 1.29 is 8.83 Å². The Kier molecular flexibility index (Phi) is 8.07. The van der Waals surface area contributed by atoms with Gasteiger partial charge in [-0.3, -0.25) is 0 Å². The average molecular weight is 905 g/mol. The van der Waals surface area contributed by atoms with Gasteiger partial charge in [0.05, 0.1) is 0 Å². The minimum Gasteiger partial charge on any atom is -0.456 e. The Hall–Kier alpha value is -8.42. The number of thiophene rings is 2. The minimum atomic E-state index is 0.845. The Balaban J connectivity index is 0.820. The van der Waals surface area contributed by atoms with Gasteiger partial charge in [0.2, 0.25) is 0 Å². The second-order valence-corrected chi connectivity index (χ2v) is 19.9. The van der Waals surface area contributed by atoms with Crippen molar-refractivity contribution in [2.24, 2.45) is 0 Å². The van der Waals surface area contributed by atoms with Crippen LogP contribution in [-0.4, -0.2) is 0 Å². The predicted octanol–water partition coefficient (Wildman–Crippen LogP) is 19.5. The first-order valence-corrected chi connectivity index (χ1v) is 24.5. The number of para-hydroxylation sites is 2. The maximum absolute atomic E-state index is 6.74. The van der Waals surface area contributed by atoms with E-state index >= 15 is 0 Å². The number of hydrogen-bond donors (Lipinski definition) is 0. The lowest BCUT2D eigenvalue weighted by atomic mass is 10.0. The standard InChI is InChI=1S/C62H36N2O2S2/c1-3-11-41(12-4-1)63(45-23-25-61-53(33-45)47-15-7-9-17-59(47)67-61)43-21-19-37-29-49-51-35-58-52(36-57(51)65-55(49)31-39(37)27-43)50-30-38-20-22-44(28-40(38)32-56(50)66-58)64(42-13-5-2-6-14-42)46-24-26-62-54(34-46)48-16-8-10-18-60(48)68-62/h1-36H. The van der Waals surface area contributed by atoms with E-state index in [1.807, 2.05) is 22.7 Å². The molecule has 0 fully saturated rings. The van der Waals surface area contributed by atoms with Crippen molar-refractivity contribution in [3.8, 4) is 0 Å². The lowest BCUT2D eigenvalue weighted by Crippen LogP contribution is -2.09. The molecule has 11 aromatic carbocycles. The summed E-state index contributed by atoms with van der Waals surface area (Å²) >= 11 is 3.69. The maximum atomic E-state index is 6.74. The molecule has 68 heavy (non-hydrogen) atoms. The highest BCUT2D eigenvalue weighted by Gasteiger charge is 2.20. The van der Waals surface area contributed by atoms with Gasteiger partial charge in [-0.1, -0.05) is 84.9 Å². The second-order valence-electron chi connectivity index (χ2n) is 17.7. The van der Waals surface area contributed by atoms with E-state index < -0.39 is 0 Å². The van der Waals surface area contributed by atoms with Crippen molar-refractivity contribution in [3.05, 3.63) is 218 Å². The summed E-state index contributed by atoms with van der Waals surface area (Å²) < 4.78 is 18.7.